The van der Waals surface area contributed by atoms with Crippen LogP contribution in [0.4, 0.5) is 4.39 Å². The van der Waals surface area contributed by atoms with E-state index in [4.69, 9.17) is 0 Å². The van der Waals surface area contributed by atoms with E-state index in [1.165, 1.54) is 29.5 Å². The number of halogens is 1. The molecule has 2 aromatic rings. The summed E-state index contributed by atoms with van der Waals surface area (Å²) >= 11 is 0. The van der Waals surface area contributed by atoms with Crippen LogP contribution in [-0.4, -0.2) is 0 Å². The Hall–Kier alpha value is -1.67. The molecular weight excluding hydrogens is 249 g/mol. The van der Waals surface area contributed by atoms with Crippen molar-refractivity contribution >= 4 is 0 Å². The summed E-state index contributed by atoms with van der Waals surface area (Å²) in [6.45, 7) is 1.40. The fraction of sp³-hybridized carbons (Fsp3) is 0.333. The van der Waals surface area contributed by atoms with Crippen molar-refractivity contribution in [1.29, 1.82) is 0 Å². The predicted octanol–water partition coefficient (Wildman–Crippen LogP) is 3.99. The summed E-state index contributed by atoms with van der Waals surface area (Å²) in [5, 5.41) is 3.37. The van der Waals surface area contributed by atoms with Crippen LogP contribution in [0.1, 0.15) is 35.1 Å². The summed E-state index contributed by atoms with van der Waals surface area (Å²) in [7, 11) is 0. The van der Waals surface area contributed by atoms with Gasteiger partial charge in [-0.2, -0.15) is 0 Å². The van der Waals surface area contributed by atoms with E-state index in [0.29, 0.717) is 6.54 Å². The summed E-state index contributed by atoms with van der Waals surface area (Å²) in [5.41, 5.74) is 4.70. The van der Waals surface area contributed by atoms with E-state index in [1.807, 2.05) is 24.3 Å². The van der Waals surface area contributed by atoms with Crippen molar-refractivity contribution in [2.45, 2.75) is 38.8 Å². The Morgan fingerprint density at radius 1 is 0.900 bits per heavy atom. The maximum Gasteiger partial charge on any atom is 0.127 e. The van der Waals surface area contributed by atoms with E-state index in [1.54, 1.807) is 6.07 Å². The molecule has 0 unspecified atom stereocenters. The highest BCUT2D eigenvalue weighted by molar-refractivity contribution is 5.38. The molecule has 20 heavy (non-hydrogen) atoms. The first-order chi connectivity index (χ1) is 9.84. The molecule has 3 rings (SSSR count). The molecule has 0 bridgehead atoms. The number of nitrogens with one attached hydrogen (secondary N) is 1. The lowest BCUT2D eigenvalue weighted by Crippen LogP contribution is -2.17. The highest BCUT2D eigenvalue weighted by Crippen LogP contribution is 2.26. The monoisotopic (exact) mass is 269 g/mol. The molecular formula is C18H20FN. The van der Waals surface area contributed by atoms with Crippen LogP contribution in [0, 0.1) is 5.82 Å². The molecule has 2 aromatic carbocycles. The van der Waals surface area contributed by atoms with Crippen LogP contribution in [0.3, 0.4) is 0 Å². The van der Waals surface area contributed by atoms with E-state index < -0.39 is 0 Å². The molecule has 2 heteroatoms. The summed E-state index contributed by atoms with van der Waals surface area (Å²) in [6, 6.07) is 13.8. The third-order valence-corrected chi connectivity index (χ3v) is 4.07. The molecule has 1 N–H and O–H groups in total. The van der Waals surface area contributed by atoms with Gasteiger partial charge in [0.05, 0.1) is 0 Å². The molecule has 0 aromatic heterocycles. The third-order valence-electron chi connectivity index (χ3n) is 4.07. The quantitative estimate of drug-likeness (QED) is 0.884. The topological polar surface area (TPSA) is 12.0 Å². The molecule has 1 nitrogen and oxygen atoms in total. The molecule has 0 spiro atoms. The molecule has 0 saturated heterocycles. The first kappa shape index (κ1) is 13.3. The number of hydrogen-bond acceptors (Lipinski definition) is 1. The van der Waals surface area contributed by atoms with Gasteiger partial charge in [0.2, 0.25) is 0 Å². The van der Waals surface area contributed by atoms with Crippen LogP contribution in [0.2, 0.25) is 0 Å². The van der Waals surface area contributed by atoms with Gasteiger partial charge < -0.3 is 5.32 Å². The minimum Gasteiger partial charge on any atom is -0.309 e. The fourth-order valence-corrected chi connectivity index (χ4v) is 2.99. The van der Waals surface area contributed by atoms with E-state index in [0.717, 1.165) is 24.9 Å². The maximum absolute atomic E-state index is 14.1. The van der Waals surface area contributed by atoms with Crippen molar-refractivity contribution in [1.82, 2.24) is 5.32 Å². The lowest BCUT2D eigenvalue weighted by molar-refractivity contribution is 0.571. The summed E-state index contributed by atoms with van der Waals surface area (Å²) in [4.78, 5) is 0. The fourth-order valence-electron chi connectivity index (χ4n) is 2.99. The largest absolute Gasteiger partial charge is 0.309 e. The van der Waals surface area contributed by atoms with E-state index in [2.05, 4.69) is 17.4 Å². The van der Waals surface area contributed by atoms with Crippen LogP contribution >= 0.6 is 0 Å². The van der Waals surface area contributed by atoms with Crippen LogP contribution in [0.15, 0.2) is 42.5 Å². The lowest BCUT2D eigenvalue weighted by Gasteiger charge is -2.20. The van der Waals surface area contributed by atoms with Gasteiger partial charge in [0.25, 0.3) is 0 Å². The Morgan fingerprint density at radius 3 is 2.55 bits per heavy atom. The molecule has 0 radical (unpaired) electrons. The predicted molar refractivity (Wildman–Crippen MR) is 80.0 cm³/mol. The zero-order chi connectivity index (χ0) is 13.8. The normalized spacial score (nSPS) is 14.1. The highest BCUT2D eigenvalue weighted by atomic mass is 19.1. The second-order valence-electron chi connectivity index (χ2n) is 5.46. The van der Waals surface area contributed by atoms with Gasteiger partial charge in [-0.25, -0.2) is 4.39 Å². The summed E-state index contributed by atoms with van der Waals surface area (Å²) in [6.07, 6.45) is 4.54. The van der Waals surface area contributed by atoms with Crippen LogP contribution in [0.5, 0.6) is 0 Å². The van der Waals surface area contributed by atoms with Gasteiger partial charge in [0.1, 0.15) is 5.82 Å². The average molecular weight is 269 g/mol. The van der Waals surface area contributed by atoms with Gasteiger partial charge in [-0.05, 0) is 48.4 Å². The minimum atomic E-state index is -0.0637. The van der Waals surface area contributed by atoms with Gasteiger partial charge in [0.15, 0.2) is 0 Å². The highest BCUT2D eigenvalue weighted by Gasteiger charge is 2.16. The second-order valence-corrected chi connectivity index (χ2v) is 5.46. The Kier molecular flexibility index (Phi) is 4.12. The SMILES string of the molecule is Fc1ccc2c(c1CNCc1ccccc1)CCCC2. The second kappa shape index (κ2) is 6.19. The summed E-state index contributed by atoms with van der Waals surface area (Å²) in [5.74, 6) is -0.0637. The molecule has 1 aliphatic rings. The maximum atomic E-state index is 14.1. The Bertz CT molecular complexity index is 577. The van der Waals surface area contributed by atoms with Crippen molar-refractivity contribution in [2.24, 2.45) is 0 Å². The lowest BCUT2D eigenvalue weighted by atomic mass is 9.88. The van der Waals surface area contributed by atoms with Crippen molar-refractivity contribution < 1.29 is 4.39 Å². The zero-order valence-corrected chi connectivity index (χ0v) is 11.7. The number of rotatable bonds is 4. The van der Waals surface area contributed by atoms with Gasteiger partial charge in [-0.15, -0.1) is 0 Å². The van der Waals surface area contributed by atoms with Crippen molar-refractivity contribution in [2.75, 3.05) is 0 Å². The van der Waals surface area contributed by atoms with E-state index in [-0.39, 0.29) is 5.82 Å². The smallest absolute Gasteiger partial charge is 0.127 e. The first-order valence-corrected chi connectivity index (χ1v) is 7.38. The van der Waals surface area contributed by atoms with Crippen LogP contribution in [0.25, 0.3) is 0 Å². The average Bonchev–Trinajstić information content (AvgIpc) is 2.50. The molecule has 0 atom stereocenters. The Balaban J connectivity index is 1.71. The summed E-state index contributed by atoms with van der Waals surface area (Å²) < 4.78 is 14.1. The molecule has 0 aliphatic heterocycles. The minimum absolute atomic E-state index is 0.0637. The van der Waals surface area contributed by atoms with Crippen LogP contribution in [-0.2, 0) is 25.9 Å². The Labute approximate surface area is 119 Å². The van der Waals surface area contributed by atoms with E-state index >= 15 is 0 Å². The van der Waals surface area contributed by atoms with Gasteiger partial charge >= 0.3 is 0 Å². The zero-order valence-electron chi connectivity index (χ0n) is 11.7. The van der Waals surface area contributed by atoms with E-state index in [9.17, 15) is 4.39 Å². The molecule has 0 heterocycles. The standard InChI is InChI=1S/C18H20FN/c19-18-11-10-15-8-4-5-9-16(15)17(18)13-20-12-14-6-2-1-3-7-14/h1-3,6-7,10-11,20H,4-5,8-9,12-13H2. The third kappa shape index (κ3) is 2.91. The molecule has 0 saturated carbocycles. The van der Waals surface area contributed by atoms with Crippen molar-refractivity contribution in [3.63, 3.8) is 0 Å². The number of fused-ring (bicyclic) bond motifs is 1. The molecule has 104 valence electrons. The number of benzene rings is 2. The van der Waals surface area contributed by atoms with Crippen LogP contribution < -0.4 is 5.32 Å². The van der Waals surface area contributed by atoms with Crippen molar-refractivity contribution in [3.05, 3.63) is 70.5 Å². The number of hydrogen-bond donors (Lipinski definition) is 1. The van der Waals surface area contributed by atoms with Gasteiger partial charge in [-0.3, -0.25) is 0 Å². The van der Waals surface area contributed by atoms with Crippen molar-refractivity contribution in [3.8, 4) is 0 Å². The molecule has 1 aliphatic carbocycles. The van der Waals surface area contributed by atoms with Gasteiger partial charge in [0, 0.05) is 18.7 Å². The van der Waals surface area contributed by atoms with Gasteiger partial charge in [-0.1, -0.05) is 36.4 Å². The number of aryl methyl sites for hydroxylation is 1. The molecule has 0 amide bonds. The first-order valence-electron chi connectivity index (χ1n) is 7.38. The Morgan fingerprint density at radius 2 is 1.70 bits per heavy atom. The molecule has 0 fully saturated rings.